The molecule has 306 valence electrons. The van der Waals surface area contributed by atoms with E-state index in [4.69, 9.17) is 33.2 Å². The number of ether oxygens (including phenoxy) is 7. The highest BCUT2D eigenvalue weighted by molar-refractivity contribution is 7.99. The molecule has 1 aromatic rings. The number of esters is 3. The number of fused-ring (bicyclic) bond motifs is 2. The third-order valence-corrected chi connectivity index (χ3v) is 13.3. The molecule has 2 aliphatic heterocycles. The molecule has 55 heavy (non-hydrogen) atoms. The van der Waals surface area contributed by atoms with E-state index in [2.05, 4.69) is 5.32 Å². The summed E-state index contributed by atoms with van der Waals surface area (Å²) in [6.45, 7) is 12.2. The average Bonchev–Trinajstić information content (AvgIpc) is 3.85. The zero-order chi connectivity index (χ0) is 40.1. The summed E-state index contributed by atoms with van der Waals surface area (Å²) >= 11 is 1.36. The van der Waals surface area contributed by atoms with Crippen LogP contribution in [0.5, 0.6) is 11.8 Å². The summed E-state index contributed by atoms with van der Waals surface area (Å²) in [7, 11) is 1.56. The summed E-state index contributed by atoms with van der Waals surface area (Å²) in [5.41, 5.74) is -2.29. The van der Waals surface area contributed by atoms with Crippen molar-refractivity contribution in [3.05, 3.63) is 17.7 Å². The maximum absolute atomic E-state index is 13.1. The molecule has 0 aromatic carbocycles. The van der Waals surface area contributed by atoms with Gasteiger partial charge in [-0.25, -0.2) is 0 Å². The molecule has 15 nitrogen and oxygen atoms in total. The highest BCUT2D eigenvalue weighted by Crippen LogP contribution is 2.73. The van der Waals surface area contributed by atoms with Crippen molar-refractivity contribution in [3.8, 4) is 11.8 Å². The van der Waals surface area contributed by atoms with Crippen molar-refractivity contribution in [2.24, 2.45) is 16.7 Å². The van der Waals surface area contributed by atoms with Crippen molar-refractivity contribution in [3.63, 3.8) is 0 Å². The van der Waals surface area contributed by atoms with E-state index in [1.54, 1.807) is 7.11 Å². The Morgan fingerprint density at radius 2 is 1.80 bits per heavy atom. The van der Waals surface area contributed by atoms with E-state index in [-0.39, 0.29) is 68.2 Å². The summed E-state index contributed by atoms with van der Waals surface area (Å²) in [4.78, 5) is 52.0. The van der Waals surface area contributed by atoms with E-state index in [1.807, 2.05) is 40.7 Å². The molecule has 0 radical (unpaired) electrons. The number of aromatic hydroxyl groups is 2. The van der Waals surface area contributed by atoms with Crippen LogP contribution in [0.15, 0.2) is 22.6 Å². The Bertz CT molecular complexity index is 1680. The number of hydrogen-bond acceptors (Lipinski definition) is 14. The van der Waals surface area contributed by atoms with Gasteiger partial charge in [0.1, 0.15) is 43.2 Å². The smallest absolute Gasteiger partial charge is 0.306 e. The van der Waals surface area contributed by atoms with Crippen molar-refractivity contribution >= 4 is 35.6 Å². The van der Waals surface area contributed by atoms with Crippen LogP contribution in [0.25, 0.3) is 0 Å². The zero-order valence-electron chi connectivity index (χ0n) is 33.0. The van der Waals surface area contributed by atoms with Crippen LogP contribution >= 0.6 is 11.8 Å². The van der Waals surface area contributed by atoms with Crippen LogP contribution in [0.2, 0.25) is 0 Å². The number of nitrogens with zero attached hydrogens (tertiary/aromatic N) is 1. The minimum Gasteiger partial charge on any atom is -0.494 e. The van der Waals surface area contributed by atoms with Gasteiger partial charge in [0, 0.05) is 58.7 Å². The van der Waals surface area contributed by atoms with E-state index in [0.29, 0.717) is 36.3 Å². The molecule has 3 aliphatic carbocycles. The van der Waals surface area contributed by atoms with Crippen molar-refractivity contribution in [2.75, 3.05) is 26.1 Å². The molecule has 1 aromatic heterocycles. The van der Waals surface area contributed by atoms with Crippen molar-refractivity contribution in [1.29, 1.82) is 0 Å². The van der Waals surface area contributed by atoms with E-state index in [9.17, 15) is 29.4 Å². The van der Waals surface area contributed by atoms with E-state index < -0.39 is 64.7 Å². The van der Waals surface area contributed by atoms with Gasteiger partial charge in [0.15, 0.2) is 11.7 Å². The molecule has 1 spiro atoms. The zero-order valence-corrected chi connectivity index (χ0v) is 33.8. The number of nitrogens with one attached hydrogen (secondary N) is 1. The highest BCUT2D eigenvalue weighted by Gasteiger charge is 2.87. The van der Waals surface area contributed by atoms with Crippen LogP contribution in [0, 0.1) is 16.7 Å². The Balaban J connectivity index is 1.25. The Morgan fingerprint density at radius 1 is 1.11 bits per heavy atom. The molecular weight excluding hydrogens is 736 g/mol. The molecule has 3 N–H and O–H groups in total. The minimum absolute atomic E-state index is 0.0925. The molecule has 2 saturated carbocycles. The second-order valence-electron chi connectivity index (χ2n) is 16.3. The number of aromatic nitrogens is 1. The number of hydrogen-bond donors (Lipinski definition) is 3. The Hall–Kier alpha value is -3.31. The van der Waals surface area contributed by atoms with Crippen LogP contribution in [-0.4, -0.2) is 113 Å². The summed E-state index contributed by atoms with van der Waals surface area (Å²) in [6.07, 6.45) is 0.306. The second-order valence-corrected chi connectivity index (χ2v) is 17.6. The molecule has 6 rings (SSSR count). The quantitative estimate of drug-likeness (QED) is 0.0608. The molecule has 1 amide bonds. The largest absolute Gasteiger partial charge is 0.494 e. The molecule has 8 atom stereocenters. The van der Waals surface area contributed by atoms with Gasteiger partial charge in [-0.15, -0.1) is 11.8 Å². The van der Waals surface area contributed by atoms with Gasteiger partial charge in [-0.2, -0.15) is 0 Å². The minimum atomic E-state index is -1.14. The first-order valence-electron chi connectivity index (χ1n) is 19.2. The topological polar surface area (TPSA) is 194 Å². The second kappa shape index (κ2) is 15.6. The standard InChI is InChI=1S/C39H56N2O13S/c1-9-55-27-16-30(45)41(35(27)47)18-29(44)40-25-10-12-38(48-8,13-11-25)54-32-33(51-24(6)43)36(7)37(19-49-23(5)42)17-26(52-31(46)14-21(2)3)22(4)15-28(37)53-34(32)39(36)20-50-39/h15-16,21,25-26,28,32-34,45,47H,9-14,17-20H2,1-8H3,(H,40,44)/t25?,26-,28+,32+,33+,34+,36+,37+,38?,39-/m0/s1. The van der Waals surface area contributed by atoms with Gasteiger partial charge in [-0.1, -0.05) is 33.8 Å². The fraction of sp³-hybridized carbons (Fsp3) is 0.744. The lowest BCUT2D eigenvalue weighted by molar-refractivity contribution is -0.288. The lowest BCUT2D eigenvalue weighted by Crippen LogP contribution is -2.68. The third-order valence-electron chi connectivity index (χ3n) is 12.4. The van der Waals surface area contributed by atoms with Crippen molar-refractivity contribution in [2.45, 2.75) is 146 Å². The van der Waals surface area contributed by atoms with Crippen LogP contribution in [0.4, 0.5) is 0 Å². The van der Waals surface area contributed by atoms with Crippen molar-refractivity contribution < 1.29 is 62.5 Å². The molecule has 5 aliphatic rings. The molecule has 0 unspecified atom stereocenters. The Kier molecular flexibility index (Phi) is 11.7. The molecule has 3 heterocycles. The monoisotopic (exact) mass is 792 g/mol. The highest BCUT2D eigenvalue weighted by atomic mass is 32.2. The Labute approximate surface area is 326 Å². The van der Waals surface area contributed by atoms with Crippen LogP contribution in [0.1, 0.15) is 87.0 Å². The first-order valence-corrected chi connectivity index (χ1v) is 20.2. The molecule has 16 heteroatoms. The predicted octanol–water partition coefficient (Wildman–Crippen LogP) is 4.14. The molecule has 2 bridgehead atoms. The maximum Gasteiger partial charge on any atom is 0.306 e. The van der Waals surface area contributed by atoms with E-state index in [1.165, 1.54) is 36.2 Å². The number of epoxide rings is 1. The predicted molar refractivity (Wildman–Crippen MR) is 197 cm³/mol. The lowest BCUT2D eigenvalue weighted by Gasteiger charge is -2.58. The van der Waals surface area contributed by atoms with Crippen LogP contribution < -0.4 is 5.32 Å². The normalized spacial score (nSPS) is 36.2. The van der Waals surface area contributed by atoms with Crippen LogP contribution in [0.3, 0.4) is 0 Å². The first kappa shape index (κ1) is 41.3. The number of methoxy groups -OCH3 is 1. The van der Waals surface area contributed by atoms with Gasteiger partial charge in [-0.3, -0.25) is 23.7 Å². The molecular formula is C39H56N2O13S. The molecule has 4 fully saturated rings. The number of carbonyl (C=O) groups is 4. The van der Waals surface area contributed by atoms with Gasteiger partial charge in [-0.05, 0) is 37.0 Å². The fourth-order valence-electron chi connectivity index (χ4n) is 9.51. The fourth-order valence-corrected chi connectivity index (χ4v) is 10.2. The first-order chi connectivity index (χ1) is 25.9. The maximum atomic E-state index is 13.1. The van der Waals surface area contributed by atoms with Crippen LogP contribution in [-0.2, 0) is 58.9 Å². The lowest BCUT2D eigenvalue weighted by atomic mass is 9.51. The number of rotatable bonds is 14. The molecule has 2 saturated heterocycles. The van der Waals surface area contributed by atoms with Gasteiger partial charge in [0.25, 0.3) is 0 Å². The summed E-state index contributed by atoms with van der Waals surface area (Å²) in [5, 5.41) is 23.9. The summed E-state index contributed by atoms with van der Waals surface area (Å²) < 4.78 is 45.7. The SMILES string of the molecule is CCSc1cc(O)n(CC(=O)NC2CCC(OC)(O[C@@H]3[C@@H](OC(C)=O)[C@]4(C)[C@@]5(COC(C)=O)C[C@H](OC(=O)CC(C)C)C(C)=C[C@H]5O[C@H]3[C@@]43CO3)CC2)c1O. The Morgan fingerprint density at radius 3 is 2.38 bits per heavy atom. The van der Waals surface area contributed by atoms with Gasteiger partial charge >= 0.3 is 17.9 Å². The van der Waals surface area contributed by atoms with Gasteiger partial charge < -0.3 is 48.7 Å². The van der Waals surface area contributed by atoms with E-state index >= 15 is 0 Å². The summed E-state index contributed by atoms with van der Waals surface area (Å²) in [6, 6.07) is 1.20. The van der Waals surface area contributed by atoms with Gasteiger partial charge in [0.2, 0.25) is 11.8 Å². The number of thioether (sulfide) groups is 1. The third kappa shape index (κ3) is 7.37. The van der Waals surface area contributed by atoms with Crippen molar-refractivity contribution in [1.82, 2.24) is 9.88 Å². The number of carbonyl (C=O) groups excluding carboxylic acids is 4. The van der Waals surface area contributed by atoms with E-state index in [0.717, 1.165) is 5.57 Å². The van der Waals surface area contributed by atoms with Gasteiger partial charge in [0.05, 0.1) is 28.4 Å². The number of amides is 1. The average molecular weight is 793 g/mol. The summed E-state index contributed by atoms with van der Waals surface area (Å²) in [5.74, 6) is -2.45.